The highest BCUT2D eigenvalue weighted by Gasteiger charge is 2.35. The third kappa shape index (κ3) is 3.91. The molecule has 2 aromatic carbocycles. The van der Waals surface area contributed by atoms with Crippen molar-refractivity contribution in [2.75, 3.05) is 29.4 Å². The average molecular weight is 422 g/mol. The number of nitrogens with zero attached hydrogens (tertiary/aromatic N) is 3. The minimum absolute atomic E-state index is 0.232. The summed E-state index contributed by atoms with van der Waals surface area (Å²) in [5, 5.41) is 22.4. The smallest absolute Gasteiger partial charge is 0.205 e. The van der Waals surface area contributed by atoms with Crippen LogP contribution in [0.25, 0.3) is 0 Å². The lowest BCUT2D eigenvalue weighted by Gasteiger charge is -2.31. The van der Waals surface area contributed by atoms with Crippen molar-refractivity contribution in [2.45, 2.75) is 64.9 Å². The van der Waals surface area contributed by atoms with Crippen molar-refractivity contribution in [3.05, 3.63) is 53.1 Å². The second-order valence-electron chi connectivity index (χ2n) is 10.8. The summed E-state index contributed by atoms with van der Waals surface area (Å²) in [4.78, 5) is 9.17. The van der Waals surface area contributed by atoms with Crippen molar-refractivity contribution >= 4 is 17.3 Å². The molecule has 0 spiro atoms. The summed E-state index contributed by atoms with van der Waals surface area (Å²) in [5.74, 6) is 1.27. The van der Waals surface area contributed by atoms with Gasteiger partial charge in [-0.15, -0.1) is 0 Å². The molecule has 31 heavy (non-hydrogen) atoms. The van der Waals surface area contributed by atoms with E-state index in [0.717, 1.165) is 53.5 Å². The van der Waals surface area contributed by atoms with E-state index in [0.29, 0.717) is 12.3 Å². The third-order valence-electron chi connectivity index (χ3n) is 6.23. The maximum absolute atomic E-state index is 11.4. The van der Waals surface area contributed by atoms with Crippen LogP contribution in [0.5, 0.6) is 5.75 Å². The van der Waals surface area contributed by atoms with Crippen LogP contribution in [0.1, 0.15) is 70.8 Å². The molecule has 5 nitrogen and oxygen atoms in total. The summed E-state index contributed by atoms with van der Waals surface area (Å²) in [6, 6.07) is 12.2. The lowest BCUT2D eigenvalue weighted by Crippen LogP contribution is -2.43. The normalized spacial score (nSPS) is 17.3. The van der Waals surface area contributed by atoms with Crippen LogP contribution in [0.4, 0.5) is 11.4 Å². The number of aliphatic hydroxyl groups is 1. The van der Waals surface area contributed by atoms with E-state index in [9.17, 15) is 10.2 Å². The van der Waals surface area contributed by atoms with E-state index in [1.54, 1.807) is 0 Å². The first-order chi connectivity index (χ1) is 14.5. The van der Waals surface area contributed by atoms with Crippen LogP contribution in [0.3, 0.4) is 0 Å². The number of phenols is 1. The predicted octanol–water partition coefficient (Wildman–Crippen LogP) is 5.11. The molecule has 5 heteroatoms. The molecule has 0 radical (unpaired) electrons. The Hall–Kier alpha value is -2.53. The van der Waals surface area contributed by atoms with E-state index in [4.69, 9.17) is 4.99 Å². The van der Waals surface area contributed by atoms with Gasteiger partial charge in [-0.25, -0.2) is 0 Å². The maximum Gasteiger partial charge on any atom is 0.205 e. The molecule has 166 valence electrons. The first-order valence-electron chi connectivity index (χ1n) is 11.2. The largest absolute Gasteiger partial charge is 0.507 e. The average Bonchev–Trinajstić information content (AvgIpc) is 3.00. The number of fused-ring (bicyclic) bond motifs is 3. The Morgan fingerprint density at radius 1 is 0.968 bits per heavy atom. The zero-order valence-corrected chi connectivity index (χ0v) is 19.6. The van der Waals surface area contributed by atoms with Crippen molar-refractivity contribution in [2.24, 2.45) is 4.99 Å². The summed E-state index contributed by atoms with van der Waals surface area (Å²) in [5.41, 5.74) is 4.35. The van der Waals surface area contributed by atoms with E-state index in [1.807, 2.05) is 18.2 Å². The molecule has 0 aromatic heterocycles. The van der Waals surface area contributed by atoms with Gasteiger partial charge in [0.05, 0.1) is 24.0 Å². The molecule has 0 saturated carbocycles. The van der Waals surface area contributed by atoms with Crippen molar-refractivity contribution in [1.82, 2.24) is 0 Å². The van der Waals surface area contributed by atoms with Crippen molar-refractivity contribution < 1.29 is 10.2 Å². The number of aliphatic imine (C=N–C) groups is 1. The fourth-order valence-electron chi connectivity index (χ4n) is 4.53. The molecule has 0 saturated heterocycles. The van der Waals surface area contributed by atoms with Gasteiger partial charge in [0.25, 0.3) is 0 Å². The molecule has 2 N–H and O–H groups in total. The summed E-state index contributed by atoms with van der Waals surface area (Å²) in [6.45, 7) is 14.7. The fourth-order valence-corrected chi connectivity index (χ4v) is 4.53. The third-order valence-corrected chi connectivity index (χ3v) is 6.23. The fraction of sp³-hybridized carbons (Fsp3) is 0.500. The number of hydrogen-bond donors (Lipinski definition) is 2. The molecule has 2 heterocycles. The lowest BCUT2D eigenvalue weighted by molar-refractivity contribution is 0.186. The van der Waals surface area contributed by atoms with Crippen LogP contribution in [-0.2, 0) is 10.8 Å². The Bertz CT molecular complexity index is 979. The lowest BCUT2D eigenvalue weighted by atomic mass is 9.78. The quantitative estimate of drug-likeness (QED) is 0.723. The second kappa shape index (κ2) is 7.56. The highest BCUT2D eigenvalue weighted by molar-refractivity contribution is 6.16. The van der Waals surface area contributed by atoms with Crippen molar-refractivity contribution in [3.8, 4) is 5.75 Å². The molecule has 0 amide bonds. The Kier molecular flexibility index (Phi) is 5.29. The van der Waals surface area contributed by atoms with Gasteiger partial charge in [0.2, 0.25) is 5.96 Å². The zero-order valence-electron chi connectivity index (χ0n) is 19.6. The summed E-state index contributed by atoms with van der Waals surface area (Å²) < 4.78 is 0. The number of hydrogen-bond acceptors (Lipinski definition) is 5. The number of guanidine groups is 1. The Morgan fingerprint density at radius 3 is 2.13 bits per heavy atom. The Morgan fingerprint density at radius 2 is 1.55 bits per heavy atom. The number of phenolic OH excluding ortho intramolecular Hbond substituents is 1. The number of para-hydroxylation sites is 2. The molecule has 2 aliphatic heterocycles. The monoisotopic (exact) mass is 421 g/mol. The molecule has 2 aliphatic rings. The Balaban J connectivity index is 1.74. The molecule has 4 rings (SSSR count). The maximum atomic E-state index is 11.4. The van der Waals surface area contributed by atoms with E-state index in [2.05, 4.69) is 69.5 Å². The highest BCUT2D eigenvalue weighted by Crippen LogP contribution is 2.42. The minimum atomic E-state index is -0.708. The van der Waals surface area contributed by atoms with Crippen molar-refractivity contribution in [1.29, 1.82) is 0 Å². The topological polar surface area (TPSA) is 59.3 Å². The van der Waals surface area contributed by atoms with Gasteiger partial charge in [0, 0.05) is 13.1 Å². The minimum Gasteiger partial charge on any atom is -0.507 e. The number of benzene rings is 2. The molecule has 0 fully saturated rings. The predicted molar refractivity (Wildman–Crippen MR) is 129 cm³/mol. The molecular weight excluding hydrogens is 386 g/mol. The number of aromatic hydroxyl groups is 1. The number of rotatable bonds is 3. The highest BCUT2D eigenvalue weighted by atomic mass is 16.3. The standard InChI is InChI=1S/C26H35N3O2/c1-25(2,3)18-14-17(15-19(23(18)31)26(4,5)6)22(30)16-29-21-11-8-7-10-20(21)28-13-9-12-27-24(28)29/h7-8,10-11,14-15,22,30-31H,9,12-13,16H2,1-6H3/t22-/m0/s1. The SMILES string of the molecule is CC(C)(C)c1cc([C@@H](O)CN2C3=NCCCN3c3ccccc32)cc(C(C)(C)C)c1O. The van der Waals surface area contributed by atoms with Gasteiger partial charge in [-0.2, -0.15) is 0 Å². The summed E-state index contributed by atoms with van der Waals surface area (Å²) in [6.07, 6.45) is 0.330. The molecule has 1 atom stereocenters. The molecule has 0 aliphatic carbocycles. The van der Waals surface area contributed by atoms with Crippen molar-refractivity contribution in [3.63, 3.8) is 0 Å². The first kappa shape index (κ1) is 21.7. The molecular formula is C26H35N3O2. The van der Waals surface area contributed by atoms with E-state index >= 15 is 0 Å². The van der Waals surface area contributed by atoms with Crippen LogP contribution in [0.2, 0.25) is 0 Å². The molecule has 0 bridgehead atoms. The number of anilines is 2. The van der Waals surface area contributed by atoms with Gasteiger partial charge >= 0.3 is 0 Å². The molecule has 2 aromatic rings. The van der Waals surface area contributed by atoms with E-state index in [-0.39, 0.29) is 10.8 Å². The van der Waals surface area contributed by atoms with E-state index in [1.165, 1.54) is 0 Å². The summed E-state index contributed by atoms with van der Waals surface area (Å²) >= 11 is 0. The van der Waals surface area contributed by atoms with Gasteiger partial charge in [0.1, 0.15) is 5.75 Å². The molecule has 0 unspecified atom stereocenters. The van der Waals surface area contributed by atoms with Gasteiger partial charge in [-0.3, -0.25) is 4.99 Å². The van der Waals surface area contributed by atoms with Crippen LogP contribution in [0, 0.1) is 0 Å². The number of aliphatic hydroxyl groups excluding tert-OH is 1. The summed E-state index contributed by atoms with van der Waals surface area (Å²) in [7, 11) is 0. The van der Waals surface area contributed by atoms with Gasteiger partial charge in [0.15, 0.2) is 0 Å². The Labute approximate surface area is 186 Å². The van der Waals surface area contributed by atoms with Crippen LogP contribution in [-0.4, -0.2) is 35.8 Å². The van der Waals surface area contributed by atoms with E-state index < -0.39 is 6.10 Å². The first-order valence-corrected chi connectivity index (χ1v) is 11.2. The second-order valence-corrected chi connectivity index (χ2v) is 10.8. The van der Waals surface area contributed by atoms with Gasteiger partial charge in [-0.1, -0.05) is 53.7 Å². The van der Waals surface area contributed by atoms with Crippen LogP contribution >= 0.6 is 0 Å². The van der Waals surface area contributed by atoms with Crippen LogP contribution in [0.15, 0.2) is 41.4 Å². The zero-order chi connectivity index (χ0) is 22.6. The van der Waals surface area contributed by atoms with Gasteiger partial charge < -0.3 is 20.0 Å². The van der Waals surface area contributed by atoms with Crippen LogP contribution < -0.4 is 9.80 Å². The van der Waals surface area contributed by atoms with Gasteiger partial charge in [-0.05, 0) is 58.2 Å². The number of β-amino-alcohol motifs (C(OH)–C–C–N with tert-alkyl or cyclic N) is 1.